The average molecular weight is 275 g/mol. The molecule has 1 unspecified atom stereocenters. The van der Waals surface area contributed by atoms with E-state index in [1.54, 1.807) is 0 Å². The number of amides is 2. The fraction of sp³-hybridized carbons (Fsp3) is 0.467. The summed E-state index contributed by atoms with van der Waals surface area (Å²) in [6.45, 7) is 4.83. The zero-order valence-corrected chi connectivity index (χ0v) is 12.0. The number of carbonyl (C=O) groups excluding carboxylic acids is 2. The molecule has 5 nitrogen and oxygen atoms in total. The summed E-state index contributed by atoms with van der Waals surface area (Å²) in [5.41, 5.74) is 2.97. The second-order valence-electron chi connectivity index (χ2n) is 5.16. The second kappa shape index (κ2) is 6.52. The Kier molecular flexibility index (Phi) is 4.74. The summed E-state index contributed by atoms with van der Waals surface area (Å²) in [5, 5.41) is 8.59. The molecule has 5 heteroatoms. The van der Waals surface area contributed by atoms with Gasteiger partial charge >= 0.3 is 0 Å². The van der Waals surface area contributed by atoms with Gasteiger partial charge in [0.05, 0.1) is 12.6 Å². The van der Waals surface area contributed by atoms with Gasteiger partial charge in [-0.3, -0.25) is 9.59 Å². The molecule has 1 saturated heterocycles. The quantitative estimate of drug-likeness (QED) is 0.771. The highest BCUT2D eigenvalue weighted by atomic mass is 16.2. The van der Waals surface area contributed by atoms with Gasteiger partial charge < -0.3 is 16.0 Å². The van der Waals surface area contributed by atoms with Crippen LogP contribution in [-0.4, -0.2) is 30.9 Å². The van der Waals surface area contributed by atoms with Crippen molar-refractivity contribution in [3.8, 4) is 0 Å². The van der Waals surface area contributed by atoms with Crippen LogP contribution in [0.1, 0.15) is 24.0 Å². The maximum Gasteiger partial charge on any atom is 0.243 e. The maximum absolute atomic E-state index is 11.8. The molecule has 1 aromatic carbocycles. The van der Waals surface area contributed by atoms with E-state index < -0.39 is 0 Å². The molecule has 0 radical (unpaired) electrons. The highest BCUT2D eigenvalue weighted by Crippen LogP contribution is 2.17. The first-order chi connectivity index (χ1) is 9.58. The van der Waals surface area contributed by atoms with Gasteiger partial charge in [-0.1, -0.05) is 12.1 Å². The lowest BCUT2D eigenvalue weighted by atomic mass is 10.1. The Hall–Kier alpha value is -1.88. The molecular weight excluding hydrogens is 254 g/mol. The smallest absolute Gasteiger partial charge is 0.243 e. The van der Waals surface area contributed by atoms with Crippen LogP contribution < -0.4 is 16.0 Å². The van der Waals surface area contributed by atoms with Gasteiger partial charge in [0.1, 0.15) is 0 Å². The maximum atomic E-state index is 11.8. The van der Waals surface area contributed by atoms with Crippen LogP contribution in [-0.2, 0) is 9.59 Å². The van der Waals surface area contributed by atoms with Crippen LogP contribution in [0.3, 0.4) is 0 Å². The van der Waals surface area contributed by atoms with Crippen LogP contribution in [0.4, 0.5) is 5.69 Å². The topological polar surface area (TPSA) is 70.2 Å². The molecule has 0 spiro atoms. The largest absolute Gasteiger partial charge is 0.346 e. The average Bonchev–Trinajstić information content (AvgIpc) is 2.95. The molecule has 1 heterocycles. The van der Waals surface area contributed by atoms with E-state index in [2.05, 4.69) is 16.0 Å². The van der Waals surface area contributed by atoms with Crippen molar-refractivity contribution in [2.45, 2.75) is 32.7 Å². The number of benzene rings is 1. The molecular formula is C15H21N3O2. The molecule has 20 heavy (non-hydrogen) atoms. The molecule has 1 atom stereocenters. The molecule has 0 saturated carbocycles. The van der Waals surface area contributed by atoms with Crippen molar-refractivity contribution in [3.05, 3.63) is 29.3 Å². The van der Waals surface area contributed by atoms with Gasteiger partial charge in [0.2, 0.25) is 11.8 Å². The third-order valence-corrected chi connectivity index (χ3v) is 3.68. The molecule has 108 valence electrons. The fourth-order valence-corrected chi connectivity index (χ4v) is 2.28. The van der Waals surface area contributed by atoms with Gasteiger partial charge in [-0.15, -0.1) is 0 Å². The molecule has 1 aliphatic heterocycles. The highest BCUT2D eigenvalue weighted by Gasteiger charge is 2.22. The molecule has 2 amide bonds. The van der Waals surface area contributed by atoms with Crippen molar-refractivity contribution in [1.29, 1.82) is 0 Å². The number of anilines is 1. The van der Waals surface area contributed by atoms with Crippen molar-refractivity contribution in [2.24, 2.45) is 0 Å². The number of hydrogen-bond donors (Lipinski definition) is 3. The molecule has 1 aromatic rings. The highest BCUT2D eigenvalue weighted by molar-refractivity contribution is 5.95. The Labute approximate surface area is 119 Å². The molecule has 2 rings (SSSR count). The minimum absolute atomic E-state index is 0.00436. The Morgan fingerprint density at radius 3 is 2.85 bits per heavy atom. The van der Waals surface area contributed by atoms with Crippen LogP contribution in [0.2, 0.25) is 0 Å². The monoisotopic (exact) mass is 275 g/mol. The van der Waals surface area contributed by atoms with Gasteiger partial charge in [-0.05, 0) is 50.4 Å². The third-order valence-electron chi connectivity index (χ3n) is 3.68. The van der Waals surface area contributed by atoms with Crippen LogP contribution in [0.25, 0.3) is 0 Å². The molecule has 3 N–H and O–H groups in total. The van der Waals surface area contributed by atoms with E-state index in [1.165, 1.54) is 0 Å². The van der Waals surface area contributed by atoms with Crippen LogP contribution >= 0.6 is 0 Å². The zero-order valence-electron chi connectivity index (χ0n) is 12.0. The lowest BCUT2D eigenvalue weighted by molar-refractivity contribution is -0.125. The SMILES string of the molecule is Cc1cccc(NC(=O)CNC(=O)C2CCCN2)c1C. The Balaban J connectivity index is 1.83. The molecule has 0 bridgehead atoms. The van der Waals surface area contributed by atoms with Crippen LogP contribution in [0.15, 0.2) is 18.2 Å². The van der Waals surface area contributed by atoms with Gasteiger partial charge in [-0.25, -0.2) is 0 Å². The molecule has 1 aliphatic rings. The summed E-state index contributed by atoms with van der Waals surface area (Å²) in [6, 6.07) is 5.61. The number of nitrogens with one attached hydrogen (secondary N) is 3. The first kappa shape index (κ1) is 14.5. The number of carbonyl (C=O) groups is 2. The van der Waals surface area contributed by atoms with Gasteiger partial charge in [0.25, 0.3) is 0 Å². The van der Waals surface area contributed by atoms with E-state index >= 15 is 0 Å². The Morgan fingerprint density at radius 2 is 2.15 bits per heavy atom. The summed E-state index contributed by atoms with van der Waals surface area (Å²) in [4.78, 5) is 23.6. The van der Waals surface area contributed by atoms with E-state index in [0.717, 1.165) is 36.2 Å². The molecule has 0 aliphatic carbocycles. The Bertz CT molecular complexity index is 508. The molecule has 1 fully saturated rings. The summed E-state index contributed by atoms with van der Waals surface area (Å²) >= 11 is 0. The lowest BCUT2D eigenvalue weighted by Crippen LogP contribution is -2.43. The van der Waals surface area contributed by atoms with E-state index in [-0.39, 0.29) is 24.4 Å². The first-order valence-electron chi connectivity index (χ1n) is 6.95. The number of rotatable bonds is 4. The standard InChI is InChI=1S/C15H21N3O2/c1-10-5-3-6-12(11(10)2)18-14(19)9-17-15(20)13-7-4-8-16-13/h3,5-6,13,16H,4,7-9H2,1-2H3,(H,17,20)(H,18,19). The summed E-state index contributed by atoms with van der Waals surface area (Å²) in [7, 11) is 0. The summed E-state index contributed by atoms with van der Waals surface area (Å²) < 4.78 is 0. The predicted molar refractivity (Wildman–Crippen MR) is 78.6 cm³/mol. The second-order valence-corrected chi connectivity index (χ2v) is 5.16. The first-order valence-corrected chi connectivity index (χ1v) is 6.95. The Morgan fingerprint density at radius 1 is 1.35 bits per heavy atom. The van der Waals surface area contributed by atoms with Crippen LogP contribution in [0.5, 0.6) is 0 Å². The van der Waals surface area contributed by atoms with E-state index in [4.69, 9.17) is 0 Å². The van der Waals surface area contributed by atoms with Crippen molar-refractivity contribution >= 4 is 17.5 Å². The number of aryl methyl sites for hydroxylation is 1. The van der Waals surface area contributed by atoms with Crippen molar-refractivity contribution in [1.82, 2.24) is 10.6 Å². The normalized spacial score (nSPS) is 17.8. The third kappa shape index (κ3) is 3.57. The van der Waals surface area contributed by atoms with Crippen molar-refractivity contribution in [3.63, 3.8) is 0 Å². The van der Waals surface area contributed by atoms with Crippen molar-refractivity contribution < 1.29 is 9.59 Å². The van der Waals surface area contributed by atoms with Crippen molar-refractivity contribution in [2.75, 3.05) is 18.4 Å². The lowest BCUT2D eigenvalue weighted by Gasteiger charge is -2.13. The predicted octanol–water partition coefficient (Wildman–Crippen LogP) is 1.11. The van der Waals surface area contributed by atoms with E-state index in [9.17, 15) is 9.59 Å². The van der Waals surface area contributed by atoms with Crippen LogP contribution in [0, 0.1) is 13.8 Å². The number of hydrogen-bond acceptors (Lipinski definition) is 3. The summed E-state index contributed by atoms with van der Waals surface area (Å²) in [6.07, 6.45) is 1.84. The summed E-state index contributed by atoms with van der Waals surface area (Å²) in [5.74, 6) is -0.302. The van der Waals surface area contributed by atoms with E-state index in [0.29, 0.717) is 0 Å². The zero-order chi connectivity index (χ0) is 14.5. The minimum atomic E-state index is -0.204. The molecule has 0 aromatic heterocycles. The van der Waals surface area contributed by atoms with E-state index in [1.807, 2.05) is 32.0 Å². The fourth-order valence-electron chi connectivity index (χ4n) is 2.28. The minimum Gasteiger partial charge on any atom is -0.346 e. The van der Waals surface area contributed by atoms with Gasteiger partial charge in [0, 0.05) is 5.69 Å². The van der Waals surface area contributed by atoms with Gasteiger partial charge in [0.15, 0.2) is 0 Å². The van der Waals surface area contributed by atoms with Gasteiger partial charge in [-0.2, -0.15) is 0 Å².